The third kappa shape index (κ3) is 3.29. The molecule has 0 radical (unpaired) electrons. The maximum absolute atomic E-state index is 5.83. The summed E-state index contributed by atoms with van der Waals surface area (Å²) in [4.78, 5) is 0. The average Bonchev–Trinajstić information content (AvgIpc) is 1.65. The van der Waals surface area contributed by atoms with Gasteiger partial charge in [-0.25, -0.2) is 0 Å². The molecule has 3 heteroatoms. The van der Waals surface area contributed by atoms with Crippen LogP contribution in [0.3, 0.4) is 0 Å². The molecule has 0 heterocycles. The van der Waals surface area contributed by atoms with Crippen LogP contribution in [-0.4, -0.2) is 11.0 Å². The first-order chi connectivity index (χ1) is 4.00. The fourth-order valence-electron chi connectivity index (χ4n) is 0.440. The van der Waals surface area contributed by atoms with Gasteiger partial charge in [-0.3, -0.25) is 5.32 Å². The number of alkyl halides is 2. The predicted molar refractivity (Wildman–Crippen MR) is 43.0 cm³/mol. The molecule has 0 aromatic carbocycles. The Balaban J connectivity index is 3.70. The van der Waals surface area contributed by atoms with E-state index >= 15 is 0 Å². The Morgan fingerprint density at radius 3 is 2.00 bits per heavy atom. The van der Waals surface area contributed by atoms with E-state index in [0.717, 1.165) is 6.54 Å². The van der Waals surface area contributed by atoms with Crippen molar-refractivity contribution < 1.29 is 0 Å². The second-order valence-electron chi connectivity index (χ2n) is 2.31. The minimum absolute atomic E-state index is 0.237. The standard InChI is InChI=1S/C6H13Cl2N/c1-4-9-6(7,8)5(2)3/h5,9H,4H2,1-3H3. The molecule has 0 fully saturated rings. The maximum Gasteiger partial charge on any atom is 0.171 e. The minimum atomic E-state index is -0.755. The highest BCUT2D eigenvalue weighted by Crippen LogP contribution is 2.25. The Bertz CT molecular complexity index is 81.1. The molecule has 0 aliphatic carbocycles. The summed E-state index contributed by atoms with van der Waals surface area (Å²) in [6, 6.07) is 0. The lowest BCUT2D eigenvalue weighted by atomic mass is 10.2. The van der Waals surface area contributed by atoms with Crippen molar-refractivity contribution in [3.8, 4) is 0 Å². The lowest BCUT2D eigenvalue weighted by Crippen LogP contribution is -2.38. The van der Waals surface area contributed by atoms with E-state index in [-0.39, 0.29) is 5.92 Å². The molecule has 9 heavy (non-hydrogen) atoms. The van der Waals surface area contributed by atoms with Gasteiger partial charge >= 0.3 is 0 Å². The van der Waals surface area contributed by atoms with Gasteiger partial charge in [-0.1, -0.05) is 44.0 Å². The van der Waals surface area contributed by atoms with Gasteiger partial charge in [-0.05, 0) is 12.5 Å². The molecular formula is C6H13Cl2N. The van der Waals surface area contributed by atoms with Crippen LogP contribution < -0.4 is 5.32 Å². The van der Waals surface area contributed by atoms with Crippen molar-refractivity contribution in [2.24, 2.45) is 5.92 Å². The van der Waals surface area contributed by atoms with Crippen LogP contribution in [0.5, 0.6) is 0 Å². The van der Waals surface area contributed by atoms with E-state index in [9.17, 15) is 0 Å². The highest BCUT2D eigenvalue weighted by molar-refractivity contribution is 6.48. The molecule has 0 bridgehead atoms. The molecule has 56 valence electrons. The zero-order valence-corrected chi connectivity index (χ0v) is 7.55. The summed E-state index contributed by atoms with van der Waals surface area (Å²) < 4.78 is -0.755. The first-order valence-corrected chi connectivity index (χ1v) is 3.89. The van der Waals surface area contributed by atoms with Crippen molar-refractivity contribution >= 4 is 23.2 Å². The van der Waals surface area contributed by atoms with E-state index in [2.05, 4.69) is 5.32 Å². The Labute approximate surface area is 66.7 Å². The summed E-state index contributed by atoms with van der Waals surface area (Å²) in [5.74, 6) is 0.237. The molecule has 0 aliphatic rings. The Hall–Kier alpha value is 0.540. The quantitative estimate of drug-likeness (QED) is 0.506. The van der Waals surface area contributed by atoms with Crippen molar-refractivity contribution in [1.29, 1.82) is 0 Å². The van der Waals surface area contributed by atoms with Crippen molar-refractivity contribution in [2.45, 2.75) is 25.2 Å². The minimum Gasteiger partial charge on any atom is -0.286 e. The fraction of sp³-hybridized carbons (Fsp3) is 1.00. The number of halogens is 2. The van der Waals surface area contributed by atoms with E-state index < -0.39 is 4.46 Å². The lowest BCUT2D eigenvalue weighted by molar-refractivity contribution is 0.470. The zero-order valence-electron chi connectivity index (χ0n) is 6.04. The Morgan fingerprint density at radius 1 is 1.44 bits per heavy atom. The predicted octanol–water partition coefficient (Wildman–Crippen LogP) is 2.38. The summed E-state index contributed by atoms with van der Waals surface area (Å²) in [6.07, 6.45) is 0. The molecule has 0 aromatic rings. The second-order valence-corrected chi connectivity index (χ2v) is 3.69. The fourth-order valence-corrected chi connectivity index (χ4v) is 0.707. The monoisotopic (exact) mass is 169 g/mol. The SMILES string of the molecule is CCNC(Cl)(Cl)C(C)C. The van der Waals surface area contributed by atoms with Crippen LogP contribution in [0, 0.1) is 5.92 Å². The van der Waals surface area contributed by atoms with E-state index in [0.29, 0.717) is 0 Å². The molecular weight excluding hydrogens is 157 g/mol. The van der Waals surface area contributed by atoms with Crippen molar-refractivity contribution in [1.82, 2.24) is 5.32 Å². The first-order valence-electron chi connectivity index (χ1n) is 3.13. The van der Waals surface area contributed by atoms with Crippen molar-refractivity contribution in [3.05, 3.63) is 0 Å². The molecule has 0 saturated heterocycles. The maximum atomic E-state index is 5.83. The molecule has 0 aliphatic heterocycles. The third-order valence-corrected chi connectivity index (χ3v) is 2.28. The average molecular weight is 170 g/mol. The van der Waals surface area contributed by atoms with Crippen molar-refractivity contribution in [2.75, 3.05) is 6.54 Å². The summed E-state index contributed by atoms with van der Waals surface area (Å²) in [6.45, 7) is 6.72. The third-order valence-electron chi connectivity index (χ3n) is 1.14. The summed E-state index contributed by atoms with van der Waals surface area (Å²) >= 11 is 11.7. The number of hydrogen-bond acceptors (Lipinski definition) is 1. The van der Waals surface area contributed by atoms with Gasteiger partial charge in [0.2, 0.25) is 0 Å². The first kappa shape index (κ1) is 9.54. The Morgan fingerprint density at radius 2 is 1.89 bits per heavy atom. The van der Waals surface area contributed by atoms with Crippen LogP contribution in [-0.2, 0) is 0 Å². The van der Waals surface area contributed by atoms with E-state index in [1.165, 1.54) is 0 Å². The van der Waals surface area contributed by atoms with Crippen LogP contribution in [0.2, 0.25) is 0 Å². The van der Waals surface area contributed by atoms with Crippen LogP contribution in [0.25, 0.3) is 0 Å². The van der Waals surface area contributed by atoms with Crippen LogP contribution in [0.1, 0.15) is 20.8 Å². The van der Waals surface area contributed by atoms with Gasteiger partial charge in [0.15, 0.2) is 4.46 Å². The molecule has 0 unspecified atom stereocenters. The smallest absolute Gasteiger partial charge is 0.171 e. The number of nitrogens with one attached hydrogen (secondary N) is 1. The van der Waals surface area contributed by atoms with Crippen LogP contribution in [0.4, 0.5) is 0 Å². The second kappa shape index (κ2) is 3.65. The topological polar surface area (TPSA) is 12.0 Å². The molecule has 1 nitrogen and oxygen atoms in total. The molecule has 0 aromatic heterocycles. The van der Waals surface area contributed by atoms with E-state index in [1.807, 2.05) is 20.8 Å². The normalized spacial score (nSPS) is 12.7. The molecule has 0 saturated carbocycles. The van der Waals surface area contributed by atoms with Gasteiger partial charge in [-0.15, -0.1) is 0 Å². The highest BCUT2D eigenvalue weighted by Gasteiger charge is 2.26. The zero-order chi connectivity index (χ0) is 7.49. The van der Waals surface area contributed by atoms with Gasteiger partial charge < -0.3 is 0 Å². The van der Waals surface area contributed by atoms with Crippen LogP contribution in [0.15, 0.2) is 0 Å². The highest BCUT2D eigenvalue weighted by atomic mass is 35.5. The lowest BCUT2D eigenvalue weighted by Gasteiger charge is -2.24. The van der Waals surface area contributed by atoms with Gasteiger partial charge in [0.05, 0.1) is 0 Å². The van der Waals surface area contributed by atoms with Gasteiger partial charge in [0, 0.05) is 0 Å². The summed E-state index contributed by atoms with van der Waals surface area (Å²) in [5.41, 5.74) is 0. The summed E-state index contributed by atoms with van der Waals surface area (Å²) in [5, 5.41) is 2.95. The largest absolute Gasteiger partial charge is 0.286 e. The summed E-state index contributed by atoms with van der Waals surface area (Å²) in [7, 11) is 0. The van der Waals surface area contributed by atoms with Gasteiger partial charge in [0.25, 0.3) is 0 Å². The van der Waals surface area contributed by atoms with Crippen molar-refractivity contribution in [3.63, 3.8) is 0 Å². The molecule has 0 rings (SSSR count). The number of rotatable bonds is 3. The molecule has 1 N–H and O–H groups in total. The Kier molecular flexibility index (Phi) is 3.86. The van der Waals surface area contributed by atoms with Crippen LogP contribution >= 0.6 is 23.2 Å². The van der Waals surface area contributed by atoms with E-state index in [4.69, 9.17) is 23.2 Å². The number of hydrogen-bond donors (Lipinski definition) is 1. The van der Waals surface area contributed by atoms with Gasteiger partial charge in [-0.2, -0.15) is 0 Å². The van der Waals surface area contributed by atoms with Gasteiger partial charge in [0.1, 0.15) is 0 Å². The molecule has 0 amide bonds. The van der Waals surface area contributed by atoms with E-state index in [1.54, 1.807) is 0 Å². The molecule has 0 atom stereocenters. The molecule has 0 spiro atoms.